The number of amides is 1. The number of benzene rings is 3. The molecule has 0 atom stereocenters. The lowest BCUT2D eigenvalue weighted by Gasteiger charge is -2.30. The van der Waals surface area contributed by atoms with Crippen LogP contribution in [0.4, 0.5) is 0 Å². The van der Waals surface area contributed by atoms with E-state index in [4.69, 9.17) is 0 Å². The number of carbonyl (C=O) groups is 1. The Balaban J connectivity index is 1.32. The van der Waals surface area contributed by atoms with Crippen molar-refractivity contribution in [3.05, 3.63) is 101 Å². The van der Waals surface area contributed by atoms with E-state index in [-0.39, 0.29) is 17.7 Å². The van der Waals surface area contributed by atoms with E-state index in [0.29, 0.717) is 37.4 Å². The standard InChI is InChI=1S/C29H34N2O3S/c1-22-13-14-27(21-23(22)2)35(33,34)31-19-16-26(17-20-31)29(32)30-18-15-28(24-9-5-3-6-10-24)25-11-7-4-8-12-25/h3-14,21,26,28H,15-20H2,1-2H3,(H,30,32). The SMILES string of the molecule is Cc1ccc(S(=O)(=O)N2CCC(C(=O)NCCC(c3ccccc3)c3ccccc3)CC2)cc1C. The van der Waals surface area contributed by atoms with E-state index in [0.717, 1.165) is 17.5 Å². The van der Waals surface area contributed by atoms with Crippen LogP contribution in [0, 0.1) is 19.8 Å². The highest BCUT2D eigenvalue weighted by Gasteiger charge is 2.32. The molecule has 35 heavy (non-hydrogen) atoms. The summed E-state index contributed by atoms with van der Waals surface area (Å²) in [5, 5.41) is 3.11. The van der Waals surface area contributed by atoms with Crippen LogP contribution in [0.2, 0.25) is 0 Å². The molecule has 1 N–H and O–H groups in total. The molecule has 6 heteroatoms. The largest absolute Gasteiger partial charge is 0.356 e. The van der Waals surface area contributed by atoms with Gasteiger partial charge in [-0.05, 0) is 67.5 Å². The molecule has 1 heterocycles. The third-order valence-electron chi connectivity index (χ3n) is 7.08. The summed E-state index contributed by atoms with van der Waals surface area (Å²) in [5.41, 5.74) is 4.50. The van der Waals surface area contributed by atoms with Gasteiger partial charge >= 0.3 is 0 Å². The van der Waals surface area contributed by atoms with E-state index in [1.165, 1.54) is 15.4 Å². The Morgan fingerprint density at radius 3 is 2.00 bits per heavy atom. The van der Waals surface area contributed by atoms with Crippen molar-refractivity contribution in [2.45, 2.75) is 43.9 Å². The number of nitrogens with zero attached hydrogens (tertiary/aromatic N) is 1. The quantitative estimate of drug-likeness (QED) is 0.481. The van der Waals surface area contributed by atoms with Crippen molar-refractivity contribution in [2.24, 2.45) is 5.92 Å². The van der Waals surface area contributed by atoms with Crippen LogP contribution in [0.1, 0.15) is 47.4 Å². The zero-order valence-corrected chi connectivity index (χ0v) is 21.3. The second kappa shape index (κ2) is 11.2. The number of hydrogen-bond acceptors (Lipinski definition) is 3. The molecule has 1 aliphatic heterocycles. The van der Waals surface area contributed by atoms with Gasteiger partial charge in [-0.1, -0.05) is 66.7 Å². The van der Waals surface area contributed by atoms with Crippen LogP contribution < -0.4 is 5.32 Å². The lowest BCUT2D eigenvalue weighted by molar-refractivity contribution is -0.126. The van der Waals surface area contributed by atoms with E-state index >= 15 is 0 Å². The van der Waals surface area contributed by atoms with Gasteiger partial charge in [-0.3, -0.25) is 4.79 Å². The number of rotatable bonds is 8. The van der Waals surface area contributed by atoms with E-state index in [1.807, 2.05) is 56.3 Å². The Labute approximate surface area is 209 Å². The Kier molecular flexibility index (Phi) is 8.04. The van der Waals surface area contributed by atoms with Gasteiger partial charge in [0.1, 0.15) is 0 Å². The summed E-state index contributed by atoms with van der Waals surface area (Å²) in [6.45, 7) is 5.20. The van der Waals surface area contributed by atoms with Gasteiger partial charge in [0, 0.05) is 31.5 Å². The van der Waals surface area contributed by atoms with Gasteiger partial charge in [-0.25, -0.2) is 8.42 Å². The zero-order chi connectivity index (χ0) is 24.8. The van der Waals surface area contributed by atoms with Gasteiger partial charge in [0.25, 0.3) is 0 Å². The van der Waals surface area contributed by atoms with Crippen LogP contribution in [-0.2, 0) is 14.8 Å². The summed E-state index contributed by atoms with van der Waals surface area (Å²) in [4.78, 5) is 13.2. The predicted molar refractivity (Wildman–Crippen MR) is 140 cm³/mol. The number of hydrogen-bond donors (Lipinski definition) is 1. The van der Waals surface area contributed by atoms with Gasteiger partial charge in [-0.2, -0.15) is 4.31 Å². The third kappa shape index (κ3) is 6.00. The molecule has 184 valence electrons. The maximum Gasteiger partial charge on any atom is 0.243 e. The van der Waals surface area contributed by atoms with E-state index in [1.54, 1.807) is 12.1 Å². The summed E-state index contributed by atoms with van der Waals surface area (Å²) >= 11 is 0. The molecular weight excluding hydrogens is 456 g/mol. The summed E-state index contributed by atoms with van der Waals surface area (Å²) in [7, 11) is -3.54. The molecular formula is C29H34N2O3S. The van der Waals surface area contributed by atoms with Crippen molar-refractivity contribution in [1.29, 1.82) is 0 Å². The second-order valence-electron chi connectivity index (χ2n) is 9.38. The molecule has 0 bridgehead atoms. The van der Waals surface area contributed by atoms with Crippen LogP contribution in [-0.4, -0.2) is 38.3 Å². The third-order valence-corrected chi connectivity index (χ3v) is 8.97. The van der Waals surface area contributed by atoms with Crippen molar-refractivity contribution in [3.63, 3.8) is 0 Å². The molecule has 0 saturated carbocycles. The number of piperidine rings is 1. The fourth-order valence-corrected chi connectivity index (χ4v) is 6.32. The minimum Gasteiger partial charge on any atom is -0.356 e. The van der Waals surface area contributed by atoms with Crippen LogP contribution in [0.15, 0.2) is 83.8 Å². The summed E-state index contributed by atoms with van der Waals surface area (Å²) < 4.78 is 27.7. The van der Waals surface area contributed by atoms with Gasteiger partial charge in [0.05, 0.1) is 4.90 Å². The van der Waals surface area contributed by atoms with E-state index < -0.39 is 10.0 Å². The van der Waals surface area contributed by atoms with Crippen LogP contribution in [0.3, 0.4) is 0 Å². The number of carbonyl (C=O) groups excluding carboxylic acids is 1. The first-order valence-corrected chi connectivity index (χ1v) is 13.8. The molecule has 1 amide bonds. The first-order valence-electron chi connectivity index (χ1n) is 12.3. The first kappa shape index (κ1) is 25.1. The van der Waals surface area contributed by atoms with Crippen LogP contribution in [0.25, 0.3) is 0 Å². The molecule has 5 nitrogen and oxygen atoms in total. The highest BCUT2D eigenvalue weighted by Crippen LogP contribution is 2.28. The van der Waals surface area contributed by atoms with E-state index in [2.05, 4.69) is 29.6 Å². The summed E-state index contributed by atoms with van der Waals surface area (Å²) in [5.74, 6) is 0.0730. The van der Waals surface area contributed by atoms with Crippen molar-refractivity contribution in [3.8, 4) is 0 Å². The average Bonchev–Trinajstić information content (AvgIpc) is 2.89. The normalized spacial score (nSPS) is 15.3. The maximum absolute atomic E-state index is 13.1. The predicted octanol–water partition coefficient (Wildman–Crippen LogP) is 5.04. The Morgan fingerprint density at radius 2 is 1.46 bits per heavy atom. The first-order chi connectivity index (χ1) is 16.9. The average molecular weight is 491 g/mol. The Bertz CT molecular complexity index is 1200. The number of aryl methyl sites for hydroxylation is 2. The van der Waals surface area contributed by atoms with Crippen LogP contribution in [0.5, 0.6) is 0 Å². The van der Waals surface area contributed by atoms with Gasteiger partial charge in [0.2, 0.25) is 15.9 Å². The molecule has 1 saturated heterocycles. The molecule has 4 rings (SSSR count). The van der Waals surface area contributed by atoms with Crippen molar-refractivity contribution in [2.75, 3.05) is 19.6 Å². The maximum atomic E-state index is 13.1. The number of sulfonamides is 1. The van der Waals surface area contributed by atoms with E-state index in [9.17, 15) is 13.2 Å². The fraction of sp³-hybridized carbons (Fsp3) is 0.345. The minimum atomic E-state index is -3.54. The van der Waals surface area contributed by atoms with Crippen molar-refractivity contribution in [1.82, 2.24) is 9.62 Å². The summed E-state index contributed by atoms with van der Waals surface area (Å²) in [6, 6.07) is 26.0. The zero-order valence-electron chi connectivity index (χ0n) is 20.5. The number of nitrogens with one attached hydrogen (secondary N) is 1. The molecule has 0 radical (unpaired) electrons. The van der Waals surface area contributed by atoms with Gasteiger partial charge < -0.3 is 5.32 Å². The topological polar surface area (TPSA) is 66.5 Å². The lowest BCUT2D eigenvalue weighted by Crippen LogP contribution is -2.43. The monoisotopic (exact) mass is 490 g/mol. The highest BCUT2D eigenvalue weighted by atomic mass is 32.2. The molecule has 3 aromatic rings. The second-order valence-corrected chi connectivity index (χ2v) is 11.3. The molecule has 1 fully saturated rings. The lowest BCUT2D eigenvalue weighted by atomic mass is 9.88. The smallest absolute Gasteiger partial charge is 0.243 e. The van der Waals surface area contributed by atoms with Crippen molar-refractivity contribution >= 4 is 15.9 Å². The molecule has 0 aromatic heterocycles. The molecule has 0 unspecified atom stereocenters. The molecule has 0 aliphatic carbocycles. The molecule has 1 aliphatic rings. The molecule has 3 aromatic carbocycles. The van der Waals surface area contributed by atoms with Gasteiger partial charge in [0.15, 0.2) is 0 Å². The Hall–Kier alpha value is -2.96. The fourth-order valence-electron chi connectivity index (χ4n) is 4.76. The van der Waals surface area contributed by atoms with Crippen molar-refractivity contribution < 1.29 is 13.2 Å². The van der Waals surface area contributed by atoms with Crippen LogP contribution >= 0.6 is 0 Å². The highest BCUT2D eigenvalue weighted by molar-refractivity contribution is 7.89. The summed E-state index contributed by atoms with van der Waals surface area (Å²) in [6.07, 6.45) is 1.88. The Morgan fingerprint density at radius 1 is 0.886 bits per heavy atom. The molecule has 0 spiro atoms. The minimum absolute atomic E-state index is 0.0214. The van der Waals surface area contributed by atoms with Gasteiger partial charge in [-0.15, -0.1) is 0 Å².